The fourth-order valence-corrected chi connectivity index (χ4v) is 1.69. The van der Waals surface area contributed by atoms with Crippen molar-refractivity contribution in [3.8, 4) is 0 Å². The maximum Gasteiger partial charge on any atom is 0.0468 e. The molecule has 96 valence electrons. The van der Waals surface area contributed by atoms with Crippen molar-refractivity contribution in [3.05, 3.63) is 23.8 Å². The Morgan fingerprint density at radius 2 is 2.06 bits per heavy atom. The van der Waals surface area contributed by atoms with Gasteiger partial charge in [-0.3, -0.25) is 0 Å². The van der Waals surface area contributed by atoms with Gasteiger partial charge in [-0.2, -0.15) is 0 Å². The van der Waals surface area contributed by atoms with Crippen LogP contribution in [0.4, 0.5) is 11.4 Å². The van der Waals surface area contributed by atoms with E-state index in [0.717, 1.165) is 30.9 Å². The van der Waals surface area contributed by atoms with E-state index in [4.69, 9.17) is 10.5 Å². The molecule has 0 aliphatic rings. The highest BCUT2D eigenvalue weighted by molar-refractivity contribution is 5.57. The summed E-state index contributed by atoms with van der Waals surface area (Å²) in [6.45, 7) is 8.29. The fourth-order valence-electron chi connectivity index (χ4n) is 1.69. The number of benzene rings is 1. The molecule has 0 atom stereocenters. The summed E-state index contributed by atoms with van der Waals surface area (Å²) < 4.78 is 5.12. The van der Waals surface area contributed by atoms with Gasteiger partial charge in [0.1, 0.15) is 0 Å². The molecule has 0 heterocycles. The minimum Gasteiger partial charge on any atom is -0.399 e. The second-order valence-corrected chi connectivity index (χ2v) is 5.33. The lowest BCUT2D eigenvalue weighted by Gasteiger charge is -2.25. The van der Waals surface area contributed by atoms with E-state index in [1.807, 2.05) is 18.2 Å². The highest BCUT2D eigenvalue weighted by atomic mass is 16.5. The minimum absolute atomic E-state index is 0.226. The third-order valence-electron chi connectivity index (χ3n) is 2.99. The molecule has 1 rings (SSSR count). The van der Waals surface area contributed by atoms with Gasteiger partial charge >= 0.3 is 0 Å². The van der Waals surface area contributed by atoms with Crippen LogP contribution in [-0.2, 0) is 4.74 Å². The van der Waals surface area contributed by atoms with Crippen LogP contribution >= 0.6 is 0 Å². The lowest BCUT2D eigenvalue weighted by atomic mass is 9.89. The Morgan fingerprint density at radius 3 is 2.65 bits per heavy atom. The molecule has 0 saturated heterocycles. The molecule has 0 fully saturated rings. The zero-order chi connectivity index (χ0) is 12.9. The summed E-state index contributed by atoms with van der Waals surface area (Å²) in [5, 5.41) is 3.48. The van der Waals surface area contributed by atoms with E-state index in [9.17, 15) is 0 Å². The Kier molecular flexibility index (Phi) is 4.82. The zero-order valence-electron chi connectivity index (χ0n) is 11.3. The van der Waals surface area contributed by atoms with Gasteiger partial charge in [-0.15, -0.1) is 0 Å². The van der Waals surface area contributed by atoms with Gasteiger partial charge in [-0.25, -0.2) is 0 Å². The summed E-state index contributed by atoms with van der Waals surface area (Å²) in [5.74, 6) is 0. The molecule has 0 bridgehead atoms. The number of nitrogen functional groups attached to an aromatic ring is 1. The van der Waals surface area contributed by atoms with Gasteiger partial charge in [0.2, 0.25) is 0 Å². The summed E-state index contributed by atoms with van der Waals surface area (Å²) in [6.07, 6.45) is 1.05. The lowest BCUT2D eigenvalue weighted by Crippen LogP contribution is -2.24. The molecule has 0 unspecified atom stereocenters. The molecule has 0 aliphatic carbocycles. The van der Waals surface area contributed by atoms with Crippen LogP contribution in [0.3, 0.4) is 0 Å². The van der Waals surface area contributed by atoms with Gasteiger partial charge in [-0.05, 0) is 42.5 Å². The Morgan fingerprint density at radius 1 is 1.35 bits per heavy atom. The van der Waals surface area contributed by atoms with Crippen LogP contribution in [0.15, 0.2) is 18.2 Å². The summed E-state index contributed by atoms with van der Waals surface area (Å²) >= 11 is 0. The van der Waals surface area contributed by atoms with Crippen molar-refractivity contribution < 1.29 is 4.74 Å². The first kappa shape index (κ1) is 13.8. The van der Waals surface area contributed by atoms with Gasteiger partial charge in [0.05, 0.1) is 0 Å². The normalized spacial score (nSPS) is 11.5. The summed E-state index contributed by atoms with van der Waals surface area (Å²) in [6, 6.07) is 5.96. The van der Waals surface area contributed by atoms with Crippen LogP contribution < -0.4 is 11.1 Å². The number of aryl methyl sites for hydroxylation is 1. The predicted octanol–water partition coefficient (Wildman–Crippen LogP) is 3.05. The van der Waals surface area contributed by atoms with E-state index >= 15 is 0 Å². The highest BCUT2D eigenvalue weighted by Gasteiger charge is 2.17. The van der Waals surface area contributed by atoms with E-state index in [2.05, 4.69) is 26.1 Å². The van der Waals surface area contributed by atoms with Gasteiger partial charge < -0.3 is 15.8 Å². The average Bonchev–Trinajstić information content (AvgIpc) is 2.25. The first-order chi connectivity index (χ1) is 7.94. The molecular weight excluding hydrogens is 212 g/mol. The van der Waals surface area contributed by atoms with Crippen molar-refractivity contribution in [3.63, 3.8) is 0 Å². The third-order valence-corrected chi connectivity index (χ3v) is 2.99. The number of nitrogens with two attached hydrogens (primary N) is 1. The first-order valence-corrected chi connectivity index (χ1v) is 6.03. The number of hydrogen-bond donors (Lipinski definition) is 2. The van der Waals surface area contributed by atoms with Crippen molar-refractivity contribution in [2.45, 2.75) is 27.2 Å². The van der Waals surface area contributed by atoms with Crippen LogP contribution in [0.25, 0.3) is 0 Å². The van der Waals surface area contributed by atoms with Crippen LogP contribution in [-0.4, -0.2) is 20.3 Å². The largest absolute Gasteiger partial charge is 0.399 e. The molecule has 1 aromatic carbocycles. The smallest absolute Gasteiger partial charge is 0.0468 e. The number of anilines is 2. The second kappa shape index (κ2) is 5.92. The zero-order valence-corrected chi connectivity index (χ0v) is 11.3. The van der Waals surface area contributed by atoms with E-state index < -0.39 is 0 Å². The summed E-state index contributed by atoms with van der Waals surface area (Å²) in [5.41, 5.74) is 9.11. The molecule has 3 N–H and O–H groups in total. The highest BCUT2D eigenvalue weighted by Crippen LogP contribution is 2.23. The Bertz CT molecular complexity index is 361. The van der Waals surface area contributed by atoms with Crippen LogP contribution in [0.1, 0.15) is 25.8 Å². The van der Waals surface area contributed by atoms with Crippen LogP contribution in [0.5, 0.6) is 0 Å². The molecule has 0 saturated carbocycles. The number of nitrogens with one attached hydrogen (secondary N) is 1. The fraction of sp³-hybridized carbons (Fsp3) is 0.571. The van der Waals surface area contributed by atoms with Gasteiger partial charge in [0, 0.05) is 31.6 Å². The molecule has 0 amide bonds. The van der Waals surface area contributed by atoms with Crippen molar-refractivity contribution in [1.82, 2.24) is 0 Å². The Hall–Kier alpha value is -1.22. The second-order valence-electron chi connectivity index (χ2n) is 5.33. The molecular formula is C14H24N2O. The van der Waals surface area contributed by atoms with Crippen molar-refractivity contribution in [2.75, 3.05) is 31.3 Å². The van der Waals surface area contributed by atoms with E-state index in [1.165, 1.54) is 5.56 Å². The molecule has 17 heavy (non-hydrogen) atoms. The Balaban J connectivity index is 2.54. The van der Waals surface area contributed by atoms with E-state index in [0.29, 0.717) is 0 Å². The predicted molar refractivity (Wildman–Crippen MR) is 74.4 cm³/mol. The van der Waals surface area contributed by atoms with Gasteiger partial charge in [0.25, 0.3) is 0 Å². The van der Waals surface area contributed by atoms with Crippen molar-refractivity contribution in [2.24, 2.45) is 5.41 Å². The maximum atomic E-state index is 5.73. The van der Waals surface area contributed by atoms with E-state index in [1.54, 1.807) is 7.11 Å². The molecule has 0 radical (unpaired) electrons. The molecule has 0 aromatic heterocycles. The average molecular weight is 236 g/mol. The number of rotatable bonds is 6. The Labute approximate surface area is 104 Å². The lowest BCUT2D eigenvalue weighted by molar-refractivity contribution is 0.157. The van der Waals surface area contributed by atoms with Crippen LogP contribution in [0.2, 0.25) is 0 Å². The standard InChI is InChI=1S/C14H24N2O/c1-11-9-12(15)5-6-13(11)16-10-14(2,3)7-8-17-4/h5-6,9,16H,7-8,10,15H2,1-4H3. The summed E-state index contributed by atoms with van der Waals surface area (Å²) in [4.78, 5) is 0. The monoisotopic (exact) mass is 236 g/mol. The minimum atomic E-state index is 0.226. The van der Waals surface area contributed by atoms with Crippen LogP contribution in [0, 0.1) is 12.3 Å². The molecule has 0 spiro atoms. The number of hydrogen-bond acceptors (Lipinski definition) is 3. The summed E-state index contributed by atoms with van der Waals surface area (Å²) in [7, 11) is 1.74. The molecule has 3 heteroatoms. The quantitative estimate of drug-likeness (QED) is 0.746. The van der Waals surface area contributed by atoms with Crippen molar-refractivity contribution >= 4 is 11.4 Å². The number of methoxy groups -OCH3 is 1. The molecule has 3 nitrogen and oxygen atoms in total. The van der Waals surface area contributed by atoms with E-state index in [-0.39, 0.29) is 5.41 Å². The van der Waals surface area contributed by atoms with Gasteiger partial charge in [-0.1, -0.05) is 13.8 Å². The first-order valence-electron chi connectivity index (χ1n) is 6.03. The van der Waals surface area contributed by atoms with Gasteiger partial charge in [0.15, 0.2) is 0 Å². The maximum absolute atomic E-state index is 5.73. The topological polar surface area (TPSA) is 47.3 Å². The number of ether oxygens (including phenoxy) is 1. The third kappa shape index (κ3) is 4.65. The van der Waals surface area contributed by atoms with Crippen molar-refractivity contribution in [1.29, 1.82) is 0 Å². The molecule has 0 aliphatic heterocycles. The molecule has 1 aromatic rings. The SMILES string of the molecule is COCCC(C)(C)CNc1ccc(N)cc1C.